The predicted octanol–water partition coefficient (Wildman–Crippen LogP) is 2.81. The molecule has 4 atom stereocenters. The second kappa shape index (κ2) is 8.61. The zero-order chi connectivity index (χ0) is 25.8. The number of benzene rings is 2. The van der Waals surface area contributed by atoms with E-state index in [0.717, 1.165) is 0 Å². The van der Waals surface area contributed by atoms with E-state index in [2.05, 4.69) is 5.32 Å². The number of methoxy groups -OCH3 is 3. The molecule has 3 aliphatic heterocycles. The van der Waals surface area contributed by atoms with Crippen molar-refractivity contribution in [3.05, 3.63) is 41.5 Å². The first kappa shape index (κ1) is 23.8. The number of hydrogen-bond donors (Lipinski definition) is 1. The lowest BCUT2D eigenvalue weighted by atomic mass is 9.77. The molecule has 3 heterocycles. The summed E-state index contributed by atoms with van der Waals surface area (Å²) in [4.78, 5) is 43.1. The van der Waals surface area contributed by atoms with Gasteiger partial charge < -0.3 is 33.9 Å². The Morgan fingerprint density at radius 2 is 1.83 bits per heavy atom. The summed E-state index contributed by atoms with van der Waals surface area (Å²) in [5, 5.41) is 2.86. The van der Waals surface area contributed by atoms with Crippen LogP contribution in [0.1, 0.15) is 35.8 Å². The van der Waals surface area contributed by atoms with Crippen LogP contribution in [0, 0.1) is 11.8 Å². The van der Waals surface area contributed by atoms with E-state index in [4.69, 9.17) is 23.7 Å². The van der Waals surface area contributed by atoms with Gasteiger partial charge in [-0.05, 0) is 38.1 Å². The molecule has 0 aliphatic carbocycles. The van der Waals surface area contributed by atoms with Crippen molar-refractivity contribution in [2.24, 2.45) is 11.8 Å². The maximum Gasteiger partial charge on any atom is 0.312 e. The Morgan fingerprint density at radius 3 is 2.50 bits per heavy atom. The molecular weight excluding hydrogens is 468 g/mol. The number of fused-ring (bicyclic) bond motifs is 6. The molecule has 2 amide bonds. The number of ether oxygens (including phenoxy) is 5. The Morgan fingerprint density at radius 1 is 1.11 bits per heavy atom. The van der Waals surface area contributed by atoms with E-state index in [0.29, 0.717) is 28.6 Å². The molecule has 0 unspecified atom stereocenters. The number of rotatable bonds is 5. The molecule has 5 rings (SSSR count). The fraction of sp³-hybridized carbons (Fsp3) is 0.423. The van der Waals surface area contributed by atoms with Gasteiger partial charge in [0.15, 0.2) is 11.5 Å². The first-order valence-corrected chi connectivity index (χ1v) is 11.7. The van der Waals surface area contributed by atoms with Gasteiger partial charge in [-0.1, -0.05) is 0 Å². The summed E-state index contributed by atoms with van der Waals surface area (Å²) >= 11 is 0. The standard InChI is InChI=1S/C26H28N2O8/c1-6-35-24(30)21-16-12-36-18-8-7-13(32-3)9-15(18)22(16)28-23(29)14-10-19(33-4)20(34-5)11-17(14)27-25(31)26(21,28)2/h7-11,16,21-22H,6,12H2,1-5H3,(H,27,31)/t16-,21-,22+,26-/m1/s1. The normalized spacial score (nSPS) is 25.8. The van der Waals surface area contributed by atoms with E-state index in [1.807, 2.05) is 0 Å². The molecule has 1 saturated heterocycles. The van der Waals surface area contributed by atoms with Gasteiger partial charge in [-0.25, -0.2) is 0 Å². The van der Waals surface area contributed by atoms with E-state index in [-0.39, 0.29) is 24.5 Å². The van der Waals surface area contributed by atoms with E-state index in [1.165, 1.54) is 19.1 Å². The average molecular weight is 497 g/mol. The highest BCUT2D eigenvalue weighted by Crippen LogP contribution is 2.57. The fourth-order valence-corrected chi connectivity index (χ4v) is 5.75. The summed E-state index contributed by atoms with van der Waals surface area (Å²) in [6.07, 6.45) is 0. The zero-order valence-corrected chi connectivity index (χ0v) is 20.7. The third kappa shape index (κ3) is 3.20. The van der Waals surface area contributed by atoms with E-state index < -0.39 is 41.2 Å². The minimum Gasteiger partial charge on any atom is -0.497 e. The quantitative estimate of drug-likeness (QED) is 0.629. The molecule has 0 saturated carbocycles. The predicted molar refractivity (Wildman–Crippen MR) is 128 cm³/mol. The minimum atomic E-state index is -1.56. The Balaban J connectivity index is 1.76. The molecule has 10 nitrogen and oxygen atoms in total. The molecule has 1 fully saturated rings. The van der Waals surface area contributed by atoms with Gasteiger partial charge >= 0.3 is 5.97 Å². The van der Waals surface area contributed by atoms with E-state index in [1.54, 1.807) is 51.3 Å². The van der Waals surface area contributed by atoms with Crippen LogP contribution < -0.4 is 24.3 Å². The van der Waals surface area contributed by atoms with Crippen molar-refractivity contribution in [1.82, 2.24) is 4.90 Å². The number of nitrogens with zero attached hydrogens (tertiary/aromatic N) is 1. The van der Waals surface area contributed by atoms with Crippen LogP contribution in [0.5, 0.6) is 23.0 Å². The summed E-state index contributed by atoms with van der Waals surface area (Å²) in [5.74, 6) is -1.15. The van der Waals surface area contributed by atoms with Crippen molar-refractivity contribution in [2.75, 3.05) is 39.9 Å². The Bertz CT molecular complexity index is 1260. The summed E-state index contributed by atoms with van der Waals surface area (Å²) in [5.41, 5.74) is -0.403. The summed E-state index contributed by atoms with van der Waals surface area (Å²) in [6, 6.07) is 7.77. The molecule has 190 valence electrons. The van der Waals surface area contributed by atoms with Gasteiger partial charge in [-0.2, -0.15) is 0 Å². The van der Waals surface area contributed by atoms with Crippen molar-refractivity contribution in [3.63, 3.8) is 0 Å². The van der Waals surface area contributed by atoms with Crippen molar-refractivity contribution in [3.8, 4) is 23.0 Å². The van der Waals surface area contributed by atoms with Crippen molar-refractivity contribution >= 4 is 23.5 Å². The van der Waals surface area contributed by atoms with Crippen LogP contribution in [-0.2, 0) is 14.3 Å². The maximum absolute atomic E-state index is 14.3. The monoisotopic (exact) mass is 496 g/mol. The SMILES string of the molecule is CCOC(=O)[C@H]1[C@H]2COc3ccc(OC)cc3[C@@H]2N2C(=O)c3cc(OC)c(OC)cc3NC(=O)[C@@]12C. The van der Waals surface area contributed by atoms with Gasteiger partial charge in [0.2, 0.25) is 0 Å². The number of amides is 2. The van der Waals surface area contributed by atoms with Crippen LogP contribution in [0.4, 0.5) is 5.69 Å². The summed E-state index contributed by atoms with van der Waals surface area (Å²) < 4.78 is 27.7. The third-order valence-corrected chi connectivity index (χ3v) is 7.41. The number of hydrogen-bond acceptors (Lipinski definition) is 8. The minimum absolute atomic E-state index is 0.137. The first-order valence-electron chi connectivity index (χ1n) is 11.7. The first-order chi connectivity index (χ1) is 17.3. The summed E-state index contributed by atoms with van der Waals surface area (Å²) in [6.45, 7) is 3.59. The van der Waals surface area contributed by atoms with Crippen LogP contribution in [0.25, 0.3) is 0 Å². The molecule has 1 N–H and O–H groups in total. The lowest BCUT2D eigenvalue weighted by molar-refractivity contribution is -0.155. The van der Waals surface area contributed by atoms with Crippen LogP contribution in [0.3, 0.4) is 0 Å². The second-order valence-corrected chi connectivity index (χ2v) is 9.08. The molecule has 0 aromatic heterocycles. The topological polar surface area (TPSA) is 113 Å². The van der Waals surface area contributed by atoms with Crippen LogP contribution in [0.15, 0.2) is 30.3 Å². The molecule has 36 heavy (non-hydrogen) atoms. The lowest BCUT2D eigenvalue weighted by Gasteiger charge is -2.38. The number of esters is 1. The molecule has 3 aliphatic rings. The zero-order valence-electron chi connectivity index (χ0n) is 20.7. The maximum atomic E-state index is 14.3. The molecule has 2 aromatic rings. The average Bonchev–Trinajstić information content (AvgIpc) is 3.13. The molecule has 2 aromatic carbocycles. The highest BCUT2D eigenvalue weighted by molar-refractivity contribution is 6.14. The van der Waals surface area contributed by atoms with Gasteiger partial charge in [0.05, 0.1) is 57.8 Å². The van der Waals surface area contributed by atoms with Gasteiger partial charge in [0.1, 0.15) is 17.0 Å². The van der Waals surface area contributed by atoms with E-state index >= 15 is 0 Å². The van der Waals surface area contributed by atoms with Crippen molar-refractivity contribution in [2.45, 2.75) is 25.4 Å². The molecule has 0 bridgehead atoms. The molecule has 0 spiro atoms. The summed E-state index contributed by atoms with van der Waals surface area (Å²) in [7, 11) is 4.49. The smallest absolute Gasteiger partial charge is 0.312 e. The number of carbonyl (C=O) groups is 3. The highest BCUT2D eigenvalue weighted by atomic mass is 16.5. The van der Waals surface area contributed by atoms with Gasteiger partial charge in [-0.3, -0.25) is 14.4 Å². The van der Waals surface area contributed by atoms with Gasteiger partial charge in [0, 0.05) is 17.5 Å². The Hall–Kier alpha value is -3.95. The van der Waals surface area contributed by atoms with Crippen LogP contribution in [0.2, 0.25) is 0 Å². The lowest BCUT2D eigenvalue weighted by Crippen LogP contribution is -2.57. The van der Waals surface area contributed by atoms with Gasteiger partial charge in [0.25, 0.3) is 11.8 Å². The fourth-order valence-electron chi connectivity index (χ4n) is 5.75. The third-order valence-electron chi connectivity index (χ3n) is 7.41. The number of anilines is 1. The van der Waals surface area contributed by atoms with Crippen molar-refractivity contribution < 1.29 is 38.1 Å². The Kier molecular flexibility index (Phi) is 5.69. The van der Waals surface area contributed by atoms with Crippen LogP contribution >= 0.6 is 0 Å². The van der Waals surface area contributed by atoms with Crippen LogP contribution in [-0.4, -0.2) is 62.8 Å². The molecule has 0 radical (unpaired) electrons. The van der Waals surface area contributed by atoms with Crippen molar-refractivity contribution in [1.29, 1.82) is 0 Å². The molecule has 10 heteroatoms. The number of carbonyl (C=O) groups excluding carboxylic acids is 3. The Labute approximate surface area is 208 Å². The van der Waals surface area contributed by atoms with E-state index in [9.17, 15) is 14.4 Å². The van der Waals surface area contributed by atoms with Gasteiger partial charge in [-0.15, -0.1) is 0 Å². The highest BCUT2D eigenvalue weighted by Gasteiger charge is 2.67. The second-order valence-electron chi connectivity index (χ2n) is 9.08. The number of nitrogens with one attached hydrogen (secondary N) is 1. The largest absolute Gasteiger partial charge is 0.497 e. The molecular formula is C26H28N2O8.